The summed E-state index contributed by atoms with van der Waals surface area (Å²) in [7, 11) is -1.79. The molecule has 0 bridgehead atoms. The molecule has 0 atom stereocenters. The van der Waals surface area contributed by atoms with E-state index in [4.69, 9.17) is 0 Å². The molecule has 0 aliphatic heterocycles. The number of benzene rings is 2. The van der Waals surface area contributed by atoms with E-state index in [0.717, 1.165) is 16.3 Å². The Kier molecular flexibility index (Phi) is 4.35. The molecule has 0 aliphatic carbocycles. The summed E-state index contributed by atoms with van der Waals surface area (Å²) >= 11 is 0. The van der Waals surface area contributed by atoms with Crippen LogP contribution >= 0.6 is 0 Å². The van der Waals surface area contributed by atoms with Crippen LogP contribution in [-0.4, -0.2) is 45.7 Å². The Morgan fingerprint density at radius 2 is 1.91 bits per heavy atom. The fourth-order valence-corrected chi connectivity index (χ4v) is 3.48. The minimum atomic E-state index is -3.39. The van der Waals surface area contributed by atoms with Crippen molar-refractivity contribution in [2.45, 2.75) is 13.1 Å². The van der Waals surface area contributed by atoms with Gasteiger partial charge >= 0.3 is 0 Å². The standard InChI is InChI=1S/C15H17N5O2S/c1-19(23(21,22)10-9-20-12-16-17-18-20)11-14-7-4-6-13-5-2-3-8-15(13)14/h2-8,12H,9-11H2,1H3. The van der Waals surface area contributed by atoms with Gasteiger partial charge in [0.25, 0.3) is 0 Å². The fourth-order valence-electron chi connectivity index (χ4n) is 2.42. The summed E-state index contributed by atoms with van der Waals surface area (Å²) in [5.74, 6) is -0.0424. The normalized spacial score (nSPS) is 12.1. The molecule has 7 nitrogen and oxygen atoms in total. The van der Waals surface area contributed by atoms with E-state index in [2.05, 4.69) is 15.5 Å². The number of hydrogen-bond acceptors (Lipinski definition) is 5. The van der Waals surface area contributed by atoms with Gasteiger partial charge in [-0.2, -0.15) is 0 Å². The summed E-state index contributed by atoms with van der Waals surface area (Å²) in [6.45, 7) is 0.564. The van der Waals surface area contributed by atoms with Gasteiger partial charge in [-0.05, 0) is 26.8 Å². The summed E-state index contributed by atoms with van der Waals surface area (Å²) in [5.41, 5.74) is 0.983. The number of nitrogens with zero attached hydrogens (tertiary/aromatic N) is 5. The Balaban J connectivity index is 1.75. The van der Waals surface area contributed by atoms with Gasteiger partial charge in [-0.15, -0.1) is 5.10 Å². The van der Waals surface area contributed by atoms with Crippen molar-refractivity contribution in [1.82, 2.24) is 24.5 Å². The highest BCUT2D eigenvalue weighted by molar-refractivity contribution is 7.89. The van der Waals surface area contributed by atoms with E-state index in [9.17, 15) is 8.42 Å². The van der Waals surface area contributed by atoms with Crippen LogP contribution in [0.25, 0.3) is 10.8 Å². The molecule has 0 fully saturated rings. The van der Waals surface area contributed by atoms with Crippen LogP contribution in [0.5, 0.6) is 0 Å². The van der Waals surface area contributed by atoms with Gasteiger partial charge in [-0.25, -0.2) is 17.4 Å². The van der Waals surface area contributed by atoms with Gasteiger partial charge in [0.15, 0.2) is 0 Å². The SMILES string of the molecule is CN(Cc1cccc2ccccc12)S(=O)(=O)CCn1cnnn1. The minimum absolute atomic E-state index is 0.0424. The van der Waals surface area contributed by atoms with Crippen molar-refractivity contribution in [2.75, 3.05) is 12.8 Å². The maximum absolute atomic E-state index is 12.4. The Labute approximate surface area is 134 Å². The third-order valence-corrected chi connectivity index (χ3v) is 5.49. The predicted molar refractivity (Wildman–Crippen MR) is 87.0 cm³/mol. The lowest BCUT2D eigenvalue weighted by molar-refractivity contribution is 0.462. The van der Waals surface area contributed by atoms with Crippen molar-refractivity contribution >= 4 is 20.8 Å². The molecule has 23 heavy (non-hydrogen) atoms. The fraction of sp³-hybridized carbons (Fsp3) is 0.267. The predicted octanol–water partition coefficient (Wildman–Crippen LogP) is 1.29. The molecule has 3 aromatic rings. The third-order valence-electron chi connectivity index (χ3n) is 3.72. The highest BCUT2D eigenvalue weighted by atomic mass is 32.2. The van der Waals surface area contributed by atoms with E-state index >= 15 is 0 Å². The molecule has 0 amide bonds. The smallest absolute Gasteiger partial charge is 0.215 e. The summed E-state index contributed by atoms with van der Waals surface area (Å²) in [5, 5.41) is 12.8. The first-order valence-corrected chi connectivity index (χ1v) is 8.78. The molecule has 0 aliphatic rings. The second kappa shape index (κ2) is 6.43. The van der Waals surface area contributed by atoms with E-state index in [1.807, 2.05) is 42.5 Å². The summed E-state index contributed by atoms with van der Waals surface area (Å²) < 4.78 is 27.6. The van der Waals surface area contributed by atoms with Crippen molar-refractivity contribution in [2.24, 2.45) is 0 Å². The second-order valence-electron chi connectivity index (χ2n) is 5.28. The van der Waals surface area contributed by atoms with Crippen molar-refractivity contribution in [3.05, 3.63) is 54.4 Å². The molecule has 2 aromatic carbocycles. The van der Waals surface area contributed by atoms with Crippen LogP contribution < -0.4 is 0 Å². The molecule has 0 radical (unpaired) electrons. The van der Waals surface area contributed by atoms with Crippen molar-refractivity contribution in [1.29, 1.82) is 0 Å². The van der Waals surface area contributed by atoms with Gasteiger partial charge < -0.3 is 0 Å². The van der Waals surface area contributed by atoms with Crippen LogP contribution in [0.2, 0.25) is 0 Å². The van der Waals surface area contributed by atoms with Crippen LogP contribution in [0.3, 0.4) is 0 Å². The zero-order chi connectivity index (χ0) is 16.3. The molecule has 0 spiro atoms. The number of aryl methyl sites for hydroxylation is 1. The highest BCUT2D eigenvalue weighted by Gasteiger charge is 2.19. The first kappa shape index (κ1) is 15.6. The summed E-state index contributed by atoms with van der Waals surface area (Å²) in [6.07, 6.45) is 1.40. The zero-order valence-electron chi connectivity index (χ0n) is 12.7. The zero-order valence-corrected chi connectivity index (χ0v) is 13.5. The lowest BCUT2D eigenvalue weighted by Gasteiger charge is -2.18. The van der Waals surface area contributed by atoms with Gasteiger partial charge in [-0.3, -0.25) is 0 Å². The van der Waals surface area contributed by atoms with Gasteiger partial charge in [-0.1, -0.05) is 42.5 Å². The molecule has 0 saturated heterocycles. The van der Waals surface area contributed by atoms with E-state index < -0.39 is 10.0 Å². The van der Waals surface area contributed by atoms with Crippen molar-refractivity contribution in [3.8, 4) is 0 Å². The Hall–Kier alpha value is -2.32. The largest absolute Gasteiger partial charge is 0.231 e. The van der Waals surface area contributed by atoms with E-state index in [1.165, 1.54) is 15.3 Å². The average Bonchev–Trinajstić information content (AvgIpc) is 3.07. The Morgan fingerprint density at radius 3 is 2.70 bits per heavy atom. The van der Waals surface area contributed by atoms with Crippen LogP contribution in [0.15, 0.2) is 48.8 Å². The maximum Gasteiger partial charge on any atom is 0.215 e. The molecule has 1 heterocycles. The monoisotopic (exact) mass is 331 g/mol. The van der Waals surface area contributed by atoms with Gasteiger partial charge in [0.1, 0.15) is 6.33 Å². The molecule has 120 valence electrons. The van der Waals surface area contributed by atoms with Gasteiger partial charge in [0, 0.05) is 13.6 Å². The topological polar surface area (TPSA) is 81.0 Å². The van der Waals surface area contributed by atoms with E-state index in [1.54, 1.807) is 7.05 Å². The Bertz CT molecular complexity index is 888. The van der Waals surface area contributed by atoms with Crippen LogP contribution in [0.1, 0.15) is 5.56 Å². The van der Waals surface area contributed by atoms with Gasteiger partial charge in [0.05, 0.1) is 12.3 Å². The molecule has 1 aromatic heterocycles. The maximum atomic E-state index is 12.4. The van der Waals surface area contributed by atoms with Crippen LogP contribution in [-0.2, 0) is 23.1 Å². The first-order chi connectivity index (χ1) is 11.1. The molecule has 0 saturated carbocycles. The van der Waals surface area contributed by atoms with Crippen molar-refractivity contribution < 1.29 is 8.42 Å². The quantitative estimate of drug-likeness (QED) is 0.680. The highest BCUT2D eigenvalue weighted by Crippen LogP contribution is 2.20. The number of rotatable bonds is 6. The van der Waals surface area contributed by atoms with Crippen LogP contribution in [0, 0.1) is 0 Å². The first-order valence-electron chi connectivity index (χ1n) is 7.18. The minimum Gasteiger partial charge on any atom is -0.231 e. The third kappa shape index (κ3) is 3.54. The average molecular weight is 331 g/mol. The summed E-state index contributed by atoms with van der Waals surface area (Å²) in [6, 6.07) is 13.9. The van der Waals surface area contributed by atoms with E-state index in [-0.39, 0.29) is 12.3 Å². The molecule has 3 rings (SSSR count). The number of fused-ring (bicyclic) bond motifs is 1. The lowest BCUT2D eigenvalue weighted by atomic mass is 10.0. The Morgan fingerprint density at radius 1 is 1.13 bits per heavy atom. The molecule has 0 N–H and O–H groups in total. The number of tetrazole rings is 1. The number of aromatic nitrogens is 4. The number of sulfonamides is 1. The van der Waals surface area contributed by atoms with Gasteiger partial charge in [0.2, 0.25) is 10.0 Å². The molecule has 0 unspecified atom stereocenters. The molecular weight excluding hydrogens is 314 g/mol. The van der Waals surface area contributed by atoms with E-state index in [0.29, 0.717) is 6.54 Å². The molecular formula is C15H17N5O2S. The van der Waals surface area contributed by atoms with Crippen molar-refractivity contribution in [3.63, 3.8) is 0 Å². The summed E-state index contributed by atoms with van der Waals surface area (Å²) in [4.78, 5) is 0. The lowest BCUT2D eigenvalue weighted by Crippen LogP contribution is -2.30. The molecule has 8 heteroatoms. The number of hydrogen-bond donors (Lipinski definition) is 0. The second-order valence-corrected chi connectivity index (χ2v) is 7.48. The van der Waals surface area contributed by atoms with Crippen LogP contribution in [0.4, 0.5) is 0 Å².